The largest absolute Gasteiger partial charge is 0.328 e. The molecule has 104 valence electrons. The van der Waals surface area contributed by atoms with Crippen molar-refractivity contribution in [1.82, 2.24) is 19.5 Å². The zero-order chi connectivity index (χ0) is 14.6. The van der Waals surface area contributed by atoms with E-state index in [-0.39, 0.29) is 5.56 Å². The van der Waals surface area contributed by atoms with Gasteiger partial charge in [0.2, 0.25) is 0 Å². The van der Waals surface area contributed by atoms with Gasteiger partial charge in [0.1, 0.15) is 0 Å². The van der Waals surface area contributed by atoms with Crippen LogP contribution in [0.3, 0.4) is 0 Å². The number of nitrogens with zero attached hydrogens (tertiary/aromatic N) is 3. The van der Waals surface area contributed by atoms with E-state index < -0.39 is 0 Å². The van der Waals surface area contributed by atoms with Crippen LogP contribution in [0.25, 0.3) is 11.2 Å². The van der Waals surface area contributed by atoms with Crippen LogP contribution < -0.4 is 5.56 Å². The molecule has 0 aliphatic heterocycles. The van der Waals surface area contributed by atoms with Gasteiger partial charge in [-0.25, -0.2) is 9.97 Å². The van der Waals surface area contributed by atoms with E-state index in [9.17, 15) is 4.79 Å². The van der Waals surface area contributed by atoms with Crippen LogP contribution in [0.15, 0.2) is 17.4 Å². The first-order valence-electron chi connectivity index (χ1n) is 6.55. The molecule has 2 heterocycles. The van der Waals surface area contributed by atoms with Crippen LogP contribution in [0.2, 0.25) is 0 Å². The molecule has 5 nitrogen and oxygen atoms in total. The third-order valence-electron chi connectivity index (χ3n) is 1.52. The van der Waals surface area contributed by atoms with E-state index in [4.69, 9.17) is 0 Å². The number of hydrogen-bond acceptors (Lipinski definition) is 3. The first-order chi connectivity index (χ1) is 8.70. The van der Waals surface area contributed by atoms with E-state index in [1.807, 2.05) is 27.7 Å². The number of aryl methyl sites for hydroxylation is 1. The van der Waals surface area contributed by atoms with Gasteiger partial charge in [-0.15, -0.1) is 0 Å². The SMILES string of the molecule is CC.CC.CCC.Cn1cnc2nc[nH]c(=O)c21. The number of aromatic amines is 1. The molecule has 2 aromatic heterocycles. The molecule has 0 fully saturated rings. The highest BCUT2D eigenvalue weighted by atomic mass is 16.1. The van der Waals surface area contributed by atoms with E-state index >= 15 is 0 Å². The van der Waals surface area contributed by atoms with Crippen LogP contribution in [-0.2, 0) is 7.05 Å². The Morgan fingerprint density at radius 1 is 1.17 bits per heavy atom. The number of fused-ring (bicyclic) bond motifs is 1. The molecule has 0 amide bonds. The number of nitrogens with one attached hydrogen (secondary N) is 1. The Kier molecular flexibility index (Phi) is 12.3. The normalized spacial score (nSPS) is 8.17. The molecule has 0 atom stereocenters. The number of imidazole rings is 1. The van der Waals surface area contributed by atoms with Gasteiger partial charge in [-0.3, -0.25) is 4.79 Å². The van der Waals surface area contributed by atoms with Gasteiger partial charge in [0.15, 0.2) is 11.2 Å². The third-order valence-corrected chi connectivity index (χ3v) is 1.52. The summed E-state index contributed by atoms with van der Waals surface area (Å²) in [6, 6.07) is 0. The van der Waals surface area contributed by atoms with Crippen molar-refractivity contribution in [2.75, 3.05) is 0 Å². The van der Waals surface area contributed by atoms with Gasteiger partial charge in [-0.05, 0) is 0 Å². The summed E-state index contributed by atoms with van der Waals surface area (Å²) < 4.78 is 1.64. The molecule has 0 saturated carbocycles. The van der Waals surface area contributed by atoms with Crippen molar-refractivity contribution in [2.45, 2.75) is 48.0 Å². The van der Waals surface area contributed by atoms with Gasteiger partial charge < -0.3 is 9.55 Å². The van der Waals surface area contributed by atoms with Gasteiger partial charge in [0.25, 0.3) is 5.56 Å². The van der Waals surface area contributed by atoms with Gasteiger partial charge in [-0.1, -0.05) is 48.0 Å². The van der Waals surface area contributed by atoms with Crippen molar-refractivity contribution in [3.05, 3.63) is 23.0 Å². The Balaban J connectivity index is 0. The van der Waals surface area contributed by atoms with E-state index in [2.05, 4.69) is 28.8 Å². The van der Waals surface area contributed by atoms with Crippen LogP contribution in [0.5, 0.6) is 0 Å². The predicted molar refractivity (Wildman–Crippen MR) is 77.8 cm³/mol. The van der Waals surface area contributed by atoms with Crippen molar-refractivity contribution in [3.63, 3.8) is 0 Å². The minimum Gasteiger partial charge on any atom is -0.328 e. The lowest BCUT2D eigenvalue weighted by molar-refractivity contribution is 0.938. The summed E-state index contributed by atoms with van der Waals surface area (Å²) >= 11 is 0. The topological polar surface area (TPSA) is 63.6 Å². The third kappa shape index (κ3) is 5.61. The van der Waals surface area contributed by atoms with Crippen LogP contribution in [-0.4, -0.2) is 19.5 Å². The van der Waals surface area contributed by atoms with Gasteiger partial charge in [0.05, 0.1) is 12.7 Å². The lowest BCUT2D eigenvalue weighted by Gasteiger charge is -1.88. The molecule has 2 aromatic rings. The predicted octanol–water partition coefficient (Wildman–Crippen LogP) is 3.13. The molecule has 0 aliphatic carbocycles. The van der Waals surface area contributed by atoms with Crippen LogP contribution in [0, 0.1) is 0 Å². The van der Waals surface area contributed by atoms with Crippen LogP contribution in [0.1, 0.15) is 48.0 Å². The van der Waals surface area contributed by atoms with Crippen LogP contribution in [0.4, 0.5) is 0 Å². The average Bonchev–Trinajstić information content (AvgIpc) is 2.79. The average molecular weight is 254 g/mol. The molecular formula is C13H26N4O. The summed E-state index contributed by atoms with van der Waals surface area (Å²) in [6.45, 7) is 12.2. The Labute approximate surface area is 109 Å². The Hall–Kier alpha value is -1.65. The maximum Gasteiger partial charge on any atom is 0.276 e. The van der Waals surface area contributed by atoms with E-state index in [1.54, 1.807) is 17.9 Å². The smallest absolute Gasteiger partial charge is 0.276 e. The van der Waals surface area contributed by atoms with Crippen molar-refractivity contribution in [1.29, 1.82) is 0 Å². The fourth-order valence-electron chi connectivity index (χ4n) is 0.994. The van der Waals surface area contributed by atoms with Gasteiger partial charge >= 0.3 is 0 Å². The molecule has 0 unspecified atom stereocenters. The first kappa shape index (κ1) is 18.7. The summed E-state index contributed by atoms with van der Waals surface area (Å²) in [5.74, 6) is 0. The standard InChI is InChI=1S/C6H6N4O.C3H8.2C2H6/c1-10-3-9-5-4(10)6(11)8-2-7-5;1-3-2;2*1-2/h2-3H,1H3,(H,7,8,11);3H2,1-2H3;2*1-2H3. The van der Waals surface area contributed by atoms with Gasteiger partial charge in [0, 0.05) is 7.05 Å². The van der Waals surface area contributed by atoms with Crippen LogP contribution >= 0.6 is 0 Å². The highest BCUT2D eigenvalue weighted by Crippen LogP contribution is 1.99. The number of hydrogen-bond donors (Lipinski definition) is 1. The maximum absolute atomic E-state index is 11.1. The van der Waals surface area contributed by atoms with E-state index in [0.29, 0.717) is 11.2 Å². The molecule has 0 radical (unpaired) electrons. The van der Waals surface area contributed by atoms with Crippen molar-refractivity contribution >= 4 is 11.2 Å². The lowest BCUT2D eigenvalue weighted by atomic mass is 10.5. The molecule has 2 rings (SSSR count). The van der Waals surface area contributed by atoms with Crippen molar-refractivity contribution in [2.24, 2.45) is 7.05 Å². The summed E-state index contributed by atoms with van der Waals surface area (Å²) in [5, 5.41) is 0. The minimum absolute atomic E-state index is 0.157. The molecule has 0 aromatic carbocycles. The Bertz CT molecular complexity index is 459. The molecule has 1 N–H and O–H groups in total. The molecule has 5 heteroatoms. The van der Waals surface area contributed by atoms with Gasteiger partial charge in [-0.2, -0.15) is 0 Å². The zero-order valence-electron chi connectivity index (χ0n) is 12.6. The number of H-pyrrole nitrogens is 1. The monoisotopic (exact) mass is 254 g/mol. The fraction of sp³-hybridized carbons (Fsp3) is 0.615. The number of aromatic nitrogens is 4. The maximum atomic E-state index is 11.1. The summed E-state index contributed by atoms with van der Waals surface area (Å²) in [5.41, 5.74) is 0.832. The summed E-state index contributed by atoms with van der Waals surface area (Å²) in [6.07, 6.45) is 4.16. The summed E-state index contributed by atoms with van der Waals surface area (Å²) in [4.78, 5) is 21.4. The molecule has 0 spiro atoms. The van der Waals surface area contributed by atoms with E-state index in [1.165, 1.54) is 12.7 Å². The second kappa shape index (κ2) is 11.8. The molecule has 0 saturated heterocycles. The second-order valence-corrected chi connectivity index (χ2v) is 2.97. The first-order valence-corrected chi connectivity index (χ1v) is 6.55. The second-order valence-electron chi connectivity index (χ2n) is 2.97. The summed E-state index contributed by atoms with van der Waals surface area (Å²) in [7, 11) is 1.76. The zero-order valence-corrected chi connectivity index (χ0v) is 12.6. The van der Waals surface area contributed by atoms with E-state index in [0.717, 1.165) is 0 Å². The minimum atomic E-state index is -0.157. The molecular weight excluding hydrogens is 228 g/mol. The molecule has 0 aliphatic rings. The lowest BCUT2D eigenvalue weighted by Crippen LogP contribution is -2.08. The highest BCUT2D eigenvalue weighted by molar-refractivity contribution is 5.68. The Morgan fingerprint density at radius 2 is 1.67 bits per heavy atom. The Morgan fingerprint density at radius 3 is 2.11 bits per heavy atom. The quantitative estimate of drug-likeness (QED) is 0.785. The van der Waals surface area contributed by atoms with Crippen molar-refractivity contribution in [3.8, 4) is 0 Å². The molecule has 18 heavy (non-hydrogen) atoms. The highest BCUT2D eigenvalue weighted by Gasteiger charge is 2.02. The van der Waals surface area contributed by atoms with Crippen molar-refractivity contribution < 1.29 is 0 Å². The fourth-order valence-corrected chi connectivity index (χ4v) is 0.994. The number of rotatable bonds is 0. The molecule has 0 bridgehead atoms.